The Morgan fingerprint density at radius 2 is 2.05 bits per heavy atom. The summed E-state index contributed by atoms with van der Waals surface area (Å²) >= 11 is 5.24. The number of hydrogen-bond acceptors (Lipinski definition) is 3. The molecule has 0 aliphatic rings. The zero-order valence-electron chi connectivity index (χ0n) is 11.6. The van der Waals surface area contributed by atoms with Gasteiger partial charge in [0.25, 0.3) is 0 Å². The van der Waals surface area contributed by atoms with Crippen molar-refractivity contribution in [2.24, 2.45) is 0 Å². The van der Waals surface area contributed by atoms with Crippen LogP contribution in [0.2, 0.25) is 0 Å². The number of ether oxygens (including phenoxy) is 1. The molecule has 0 unspecified atom stereocenters. The summed E-state index contributed by atoms with van der Waals surface area (Å²) in [7, 11) is 1.64. The van der Waals surface area contributed by atoms with Gasteiger partial charge in [-0.25, -0.2) is 0 Å². The summed E-state index contributed by atoms with van der Waals surface area (Å²) < 4.78 is 6.99. The summed E-state index contributed by atoms with van der Waals surface area (Å²) in [5.74, 6) is 0.819. The average molecular weight is 290 g/mol. The summed E-state index contributed by atoms with van der Waals surface area (Å²) in [4.78, 5) is 0. The van der Waals surface area contributed by atoms with Crippen LogP contribution in [-0.2, 0) is 13.1 Å². The fourth-order valence-corrected chi connectivity index (χ4v) is 1.88. The van der Waals surface area contributed by atoms with Gasteiger partial charge < -0.3 is 15.4 Å². The number of hydrogen-bond donors (Lipinski definition) is 2. The maximum atomic E-state index is 5.24. The van der Waals surface area contributed by atoms with Crippen molar-refractivity contribution in [3.05, 3.63) is 42.2 Å². The lowest BCUT2D eigenvalue weighted by Gasteiger charge is -2.10. The highest BCUT2D eigenvalue weighted by Gasteiger charge is 2.01. The van der Waals surface area contributed by atoms with Crippen LogP contribution >= 0.6 is 12.2 Å². The van der Waals surface area contributed by atoms with Crippen molar-refractivity contribution in [1.82, 2.24) is 15.1 Å². The van der Waals surface area contributed by atoms with E-state index < -0.39 is 0 Å². The lowest BCUT2D eigenvalue weighted by atomic mass is 10.3. The molecule has 1 aromatic heterocycles. The van der Waals surface area contributed by atoms with Gasteiger partial charge in [-0.15, -0.1) is 0 Å². The van der Waals surface area contributed by atoms with Crippen molar-refractivity contribution in [1.29, 1.82) is 0 Å². The Morgan fingerprint density at radius 3 is 2.65 bits per heavy atom. The second kappa shape index (κ2) is 6.91. The third kappa shape index (κ3) is 3.96. The predicted octanol–water partition coefficient (Wildman–Crippen LogP) is 2.40. The summed E-state index contributed by atoms with van der Waals surface area (Å²) in [6.07, 6.45) is 1.96. The molecule has 2 rings (SSSR count). The van der Waals surface area contributed by atoms with E-state index in [9.17, 15) is 0 Å². The Balaban J connectivity index is 1.82. The van der Waals surface area contributed by atoms with Crippen molar-refractivity contribution in [2.75, 3.05) is 12.4 Å². The number of nitrogens with one attached hydrogen (secondary N) is 2. The maximum Gasteiger partial charge on any atom is 0.171 e. The van der Waals surface area contributed by atoms with Crippen molar-refractivity contribution in [3.8, 4) is 5.75 Å². The Hall–Kier alpha value is -2.08. The summed E-state index contributed by atoms with van der Waals surface area (Å²) in [6.45, 7) is 3.53. The van der Waals surface area contributed by atoms with E-state index in [1.807, 2.05) is 41.2 Å². The zero-order chi connectivity index (χ0) is 14.4. The van der Waals surface area contributed by atoms with E-state index in [-0.39, 0.29) is 0 Å². The van der Waals surface area contributed by atoms with Crippen molar-refractivity contribution in [3.63, 3.8) is 0 Å². The van der Waals surface area contributed by atoms with Crippen LogP contribution in [0.25, 0.3) is 0 Å². The second-order valence-corrected chi connectivity index (χ2v) is 4.61. The lowest BCUT2D eigenvalue weighted by molar-refractivity contribution is 0.415. The highest BCUT2D eigenvalue weighted by molar-refractivity contribution is 7.80. The number of thiocarbonyl (C=S) groups is 1. The Bertz CT molecular complexity index is 565. The van der Waals surface area contributed by atoms with E-state index >= 15 is 0 Å². The molecule has 6 heteroatoms. The van der Waals surface area contributed by atoms with E-state index in [0.717, 1.165) is 23.7 Å². The molecule has 0 amide bonds. The topological polar surface area (TPSA) is 51.1 Å². The largest absolute Gasteiger partial charge is 0.497 e. The molecule has 0 aliphatic carbocycles. The Kier molecular flexibility index (Phi) is 4.95. The van der Waals surface area contributed by atoms with Crippen LogP contribution in [0.5, 0.6) is 5.75 Å². The van der Waals surface area contributed by atoms with Gasteiger partial charge in [0.05, 0.1) is 19.3 Å². The van der Waals surface area contributed by atoms with E-state index in [1.54, 1.807) is 7.11 Å². The van der Waals surface area contributed by atoms with Gasteiger partial charge in [-0.3, -0.25) is 4.68 Å². The minimum absolute atomic E-state index is 0.571. The number of benzene rings is 1. The van der Waals surface area contributed by atoms with Crippen LogP contribution in [0.3, 0.4) is 0 Å². The van der Waals surface area contributed by atoms with Gasteiger partial charge in [-0.2, -0.15) is 5.10 Å². The van der Waals surface area contributed by atoms with Gasteiger partial charge >= 0.3 is 0 Å². The first-order valence-corrected chi connectivity index (χ1v) is 6.83. The first-order valence-electron chi connectivity index (χ1n) is 6.42. The molecule has 0 bridgehead atoms. The highest BCUT2D eigenvalue weighted by atomic mass is 32.1. The fraction of sp³-hybridized carbons (Fsp3) is 0.286. The molecule has 20 heavy (non-hydrogen) atoms. The molecule has 106 valence electrons. The average Bonchev–Trinajstić information content (AvgIpc) is 2.94. The molecule has 5 nitrogen and oxygen atoms in total. The van der Waals surface area contributed by atoms with E-state index in [0.29, 0.717) is 11.7 Å². The van der Waals surface area contributed by atoms with Gasteiger partial charge in [0.2, 0.25) is 0 Å². The molecule has 2 N–H and O–H groups in total. The van der Waals surface area contributed by atoms with Gasteiger partial charge in [0.15, 0.2) is 5.11 Å². The SMILES string of the molecule is CCn1ccc(CNC(=S)Nc2ccc(OC)cc2)n1. The maximum absolute atomic E-state index is 5.24. The molecule has 1 aromatic carbocycles. The molecule has 0 aliphatic heterocycles. The molecule has 0 atom stereocenters. The normalized spacial score (nSPS) is 10.1. The number of anilines is 1. The fourth-order valence-electron chi connectivity index (χ4n) is 1.69. The standard InChI is InChI=1S/C14H18N4OS/c1-3-18-9-8-12(17-18)10-15-14(20)16-11-4-6-13(19-2)7-5-11/h4-9H,3,10H2,1-2H3,(H2,15,16,20). The van der Waals surface area contributed by atoms with E-state index in [2.05, 4.69) is 22.7 Å². The Labute approximate surface area is 123 Å². The number of aryl methyl sites for hydroxylation is 1. The molecular formula is C14H18N4OS. The number of methoxy groups -OCH3 is 1. The predicted molar refractivity (Wildman–Crippen MR) is 84.0 cm³/mol. The lowest BCUT2D eigenvalue weighted by Crippen LogP contribution is -2.28. The van der Waals surface area contributed by atoms with Gasteiger partial charge in [0, 0.05) is 18.4 Å². The minimum atomic E-state index is 0.571. The van der Waals surface area contributed by atoms with Crippen LogP contribution in [0.15, 0.2) is 36.5 Å². The van der Waals surface area contributed by atoms with Crippen LogP contribution in [-0.4, -0.2) is 22.0 Å². The smallest absolute Gasteiger partial charge is 0.171 e. The zero-order valence-corrected chi connectivity index (χ0v) is 12.4. The number of nitrogens with zero attached hydrogens (tertiary/aromatic N) is 2. The van der Waals surface area contributed by atoms with Gasteiger partial charge in [-0.1, -0.05) is 0 Å². The van der Waals surface area contributed by atoms with Crippen LogP contribution < -0.4 is 15.4 Å². The number of rotatable bonds is 5. The monoisotopic (exact) mass is 290 g/mol. The third-order valence-corrected chi connectivity index (χ3v) is 3.04. The highest BCUT2D eigenvalue weighted by Crippen LogP contribution is 2.14. The molecule has 0 radical (unpaired) electrons. The quantitative estimate of drug-likeness (QED) is 0.828. The summed E-state index contributed by atoms with van der Waals surface area (Å²) in [5.41, 5.74) is 1.88. The van der Waals surface area contributed by atoms with Crippen LogP contribution in [0, 0.1) is 0 Å². The molecule has 2 aromatic rings. The first-order chi connectivity index (χ1) is 9.71. The third-order valence-electron chi connectivity index (χ3n) is 2.80. The van der Waals surface area contributed by atoms with Crippen LogP contribution in [0.1, 0.15) is 12.6 Å². The van der Waals surface area contributed by atoms with Gasteiger partial charge in [0.1, 0.15) is 5.75 Å². The molecule has 1 heterocycles. The molecule has 0 saturated heterocycles. The van der Waals surface area contributed by atoms with E-state index in [1.165, 1.54) is 0 Å². The molecular weight excluding hydrogens is 272 g/mol. The van der Waals surface area contributed by atoms with Crippen molar-refractivity contribution in [2.45, 2.75) is 20.0 Å². The molecule has 0 saturated carbocycles. The molecule has 0 spiro atoms. The van der Waals surface area contributed by atoms with E-state index in [4.69, 9.17) is 17.0 Å². The van der Waals surface area contributed by atoms with Gasteiger partial charge in [-0.05, 0) is 49.5 Å². The first kappa shape index (κ1) is 14.3. The number of aromatic nitrogens is 2. The second-order valence-electron chi connectivity index (χ2n) is 4.20. The van der Waals surface area contributed by atoms with Crippen molar-refractivity contribution < 1.29 is 4.74 Å². The minimum Gasteiger partial charge on any atom is -0.497 e. The summed E-state index contributed by atoms with van der Waals surface area (Å²) in [5, 5.41) is 11.2. The van der Waals surface area contributed by atoms with Crippen molar-refractivity contribution >= 4 is 23.0 Å². The molecule has 0 fully saturated rings. The van der Waals surface area contributed by atoms with Crippen LogP contribution in [0.4, 0.5) is 5.69 Å². The summed E-state index contributed by atoms with van der Waals surface area (Å²) in [6, 6.07) is 9.57. The Morgan fingerprint density at radius 1 is 1.30 bits per heavy atom.